The van der Waals surface area contributed by atoms with Crippen molar-refractivity contribution < 1.29 is 14.6 Å². The first-order valence-electron chi connectivity index (χ1n) is 9.92. The van der Waals surface area contributed by atoms with Crippen molar-refractivity contribution in [2.45, 2.75) is 26.5 Å². The summed E-state index contributed by atoms with van der Waals surface area (Å²) in [5, 5.41) is 10.3. The minimum absolute atomic E-state index is 0.0353. The molecule has 3 rings (SSSR count). The van der Waals surface area contributed by atoms with Gasteiger partial charge in [-0.3, -0.25) is 14.6 Å². The highest BCUT2D eigenvalue weighted by atomic mass is 16.5. The molecule has 0 saturated carbocycles. The Hall–Kier alpha value is -2.21. The number of hydrogen-bond acceptors (Lipinski definition) is 5. The molecule has 1 fully saturated rings. The quantitative estimate of drug-likeness (QED) is 0.712. The molecule has 2 aromatic carbocycles. The number of rotatable bonds is 8. The molecular weight excluding hydrogens is 352 g/mol. The summed E-state index contributed by atoms with van der Waals surface area (Å²) >= 11 is 0. The summed E-state index contributed by atoms with van der Waals surface area (Å²) in [6.07, 6.45) is -0.532. The van der Waals surface area contributed by atoms with Crippen LogP contribution in [-0.2, 0) is 6.54 Å². The number of nitrogens with zero attached hydrogens (tertiary/aromatic N) is 2. The van der Waals surface area contributed by atoms with Gasteiger partial charge < -0.3 is 9.84 Å². The highest BCUT2D eigenvalue weighted by Gasteiger charge is 2.19. The average molecular weight is 383 g/mol. The van der Waals surface area contributed by atoms with E-state index in [2.05, 4.69) is 41.0 Å². The Morgan fingerprint density at radius 3 is 2.39 bits per heavy atom. The molecule has 1 aliphatic rings. The van der Waals surface area contributed by atoms with Gasteiger partial charge in [0, 0.05) is 44.8 Å². The molecule has 5 nitrogen and oxygen atoms in total. The average Bonchev–Trinajstić information content (AvgIpc) is 2.68. The Morgan fingerprint density at radius 1 is 1.07 bits per heavy atom. The van der Waals surface area contributed by atoms with Crippen LogP contribution in [0.4, 0.5) is 0 Å². The summed E-state index contributed by atoms with van der Waals surface area (Å²) in [6, 6.07) is 15.7. The lowest BCUT2D eigenvalue weighted by Crippen LogP contribution is -2.48. The number of ketones is 1. The van der Waals surface area contributed by atoms with Crippen molar-refractivity contribution in [2.24, 2.45) is 0 Å². The Balaban J connectivity index is 1.37. The molecule has 1 N–H and O–H groups in total. The van der Waals surface area contributed by atoms with Gasteiger partial charge >= 0.3 is 0 Å². The zero-order chi connectivity index (χ0) is 19.9. The number of aliphatic hydroxyl groups excluding tert-OH is 1. The lowest BCUT2D eigenvalue weighted by Gasteiger charge is -2.35. The number of hydrogen-bond donors (Lipinski definition) is 1. The van der Waals surface area contributed by atoms with Crippen LogP contribution >= 0.6 is 0 Å². The topological polar surface area (TPSA) is 53.0 Å². The molecule has 0 aromatic heterocycles. The smallest absolute Gasteiger partial charge is 0.159 e. The summed E-state index contributed by atoms with van der Waals surface area (Å²) in [4.78, 5) is 16.0. The lowest BCUT2D eigenvalue weighted by molar-refractivity contribution is 0.0446. The Labute approximate surface area is 167 Å². The molecule has 0 aliphatic carbocycles. The standard InChI is InChI=1S/C23H30N2O3/c1-18-4-3-5-20(14-18)15-24-10-12-25(13-11-24)16-22(27)17-28-23-8-6-21(7-9-23)19(2)26/h3-9,14,22,27H,10-13,15-17H2,1-2H3/t22-/m1/s1. The summed E-state index contributed by atoms with van der Waals surface area (Å²) < 4.78 is 5.66. The van der Waals surface area contributed by atoms with Crippen LogP contribution in [0.5, 0.6) is 5.75 Å². The third-order valence-electron chi connectivity index (χ3n) is 5.13. The fourth-order valence-electron chi connectivity index (χ4n) is 3.53. The Morgan fingerprint density at radius 2 is 1.75 bits per heavy atom. The van der Waals surface area contributed by atoms with Gasteiger partial charge in [0.25, 0.3) is 0 Å². The molecule has 5 heteroatoms. The molecule has 0 radical (unpaired) electrons. The molecule has 0 spiro atoms. The van der Waals surface area contributed by atoms with Gasteiger partial charge in [0.2, 0.25) is 0 Å². The first-order valence-corrected chi connectivity index (χ1v) is 9.92. The van der Waals surface area contributed by atoms with E-state index in [-0.39, 0.29) is 12.4 Å². The first-order chi connectivity index (χ1) is 13.5. The summed E-state index contributed by atoms with van der Waals surface area (Å²) in [7, 11) is 0. The van der Waals surface area contributed by atoms with Crippen molar-refractivity contribution in [1.82, 2.24) is 9.80 Å². The molecule has 0 bridgehead atoms. The lowest BCUT2D eigenvalue weighted by atomic mass is 10.1. The third kappa shape index (κ3) is 6.16. The van der Waals surface area contributed by atoms with E-state index < -0.39 is 6.10 Å². The molecule has 1 atom stereocenters. The van der Waals surface area contributed by atoms with E-state index in [1.807, 2.05) is 0 Å². The number of aryl methyl sites for hydroxylation is 1. The van der Waals surface area contributed by atoms with Crippen LogP contribution in [0.3, 0.4) is 0 Å². The van der Waals surface area contributed by atoms with Crippen molar-refractivity contribution in [3.63, 3.8) is 0 Å². The number of carbonyl (C=O) groups is 1. The van der Waals surface area contributed by atoms with Crippen molar-refractivity contribution in [3.05, 3.63) is 65.2 Å². The number of ether oxygens (including phenoxy) is 1. The Bertz CT molecular complexity index is 768. The number of aliphatic hydroxyl groups is 1. The number of carbonyl (C=O) groups excluding carboxylic acids is 1. The van der Waals surface area contributed by atoms with Crippen LogP contribution in [0, 0.1) is 6.92 Å². The summed E-state index contributed by atoms with van der Waals surface area (Å²) in [5.41, 5.74) is 3.32. The predicted molar refractivity (Wildman–Crippen MR) is 111 cm³/mol. The zero-order valence-electron chi connectivity index (χ0n) is 16.8. The van der Waals surface area contributed by atoms with E-state index in [4.69, 9.17) is 4.74 Å². The zero-order valence-corrected chi connectivity index (χ0v) is 16.8. The van der Waals surface area contributed by atoms with Gasteiger partial charge in [0.15, 0.2) is 5.78 Å². The van der Waals surface area contributed by atoms with Gasteiger partial charge in [-0.15, -0.1) is 0 Å². The van der Waals surface area contributed by atoms with Crippen LogP contribution in [-0.4, -0.2) is 66.1 Å². The molecule has 1 aliphatic heterocycles. The highest BCUT2D eigenvalue weighted by Crippen LogP contribution is 2.14. The predicted octanol–water partition coefficient (Wildman–Crippen LogP) is 2.76. The van der Waals surface area contributed by atoms with Crippen molar-refractivity contribution >= 4 is 5.78 Å². The maximum Gasteiger partial charge on any atom is 0.159 e. The van der Waals surface area contributed by atoms with Gasteiger partial charge in [0.1, 0.15) is 18.5 Å². The Kier molecular flexibility index (Phi) is 7.20. The molecule has 1 heterocycles. The van der Waals surface area contributed by atoms with Gasteiger partial charge in [-0.05, 0) is 43.7 Å². The molecular formula is C23H30N2O3. The van der Waals surface area contributed by atoms with Crippen LogP contribution in [0.25, 0.3) is 0 Å². The number of β-amino-alcohol motifs (C(OH)–C–C–N with tert-alkyl or cyclic N) is 1. The van der Waals surface area contributed by atoms with E-state index in [0.29, 0.717) is 17.9 Å². The van der Waals surface area contributed by atoms with Crippen LogP contribution in [0.2, 0.25) is 0 Å². The first kappa shape index (κ1) is 20.5. The highest BCUT2D eigenvalue weighted by molar-refractivity contribution is 5.94. The second-order valence-corrected chi connectivity index (χ2v) is 7.61. The van der Waals surface area contributed by atoms with E-state index >= 15 is 0 Å². The van der Waals surface area contributed by atoms with Crippen LogP contribution in [0.1, 0.15) is 28.4 Å². The fraction of sp³-hybridized carbons (Fsp3) is 0.435. The largest absolute Gasteiger partial charge is 0.491 e. The van der Waals surface area contributed by atoms with E-state index in [1.165, 1.54) is 11.1 Å². The molecule has 150 valence electrons. The minimum Gasteiger partial charge on any atom is -0.491 e. The monoisotopic (exact) mass is 382 g/mol. The van der Waals surface area contributed by atoms with Crippen LogP contribution in [0.15, 0.2) is 48.5 Å². The summed E-state index contributed by atoms with van der Waals surface area (Å²) in [6.45, 7) is 9.45. The number of Topliss-reactive ketones (excluding diaryl/α,β-unsaturated/α-hetero) is 1. The van der Waals surface area contributed by atoms with Crippen molar-refractivity contribution in [1.29, 1.82) is 0 Å². The van der Waals surface area contributed by atoms with E-state index in [1.54, 1.807) is 31.2 Å². The van der Waals surface area contributed by atoms with E-state index in [0.717, 1.165) is 32.7 Å². The van der Waals surface area contributed by atoms with Gasteiger partial charge in [-0.25, -0.2) is 0 Å². The number of piperazine rings is 1. The third-order valence-corrected chi connectivity index (χ3v) is 5.13. The molecule has 0 unspecified atom stereocenters. The fourth-order valence-corrected chi connectivity index (χ4v) is 3.53. The maximum atomic E-state index is 11.3. The van der Waals surface area contributed by atoms with Crippen LogP contribution < -0.4 is 4.74 Å². The molecule has 1 saturated heterocycles. The second-order valence-electron chi connectivity index (χ2n) is 7.61. The van der Waals surface area contributed by atoms with Gasteiger partial charge in [0.05, 0.1) is 0 Å². The maximum absolute atomic E-state index is 11.3. The normalized spacial score (nSPS) is 16.7. The second kappa shape index (κ2) is 9.82. The molecule has 2 aromatic rings. The summed E-state index contributed by atoms with van der Waals surface area (Å²) in [5.74, 6) is 0.708. The van der Waals surface area contributed by atoms with Gasteiger partial charge in [-0.1, -0.05) is 29.8 Å². The molecule has 28 heavy (non-hydrogen) atoms. The molecule has 0 amide bonds. The van der Waals surface area contributed by atoms with Crippen molar-refractivity contribution in [3.8, 4) is 5.75 Å². The number of benzene rings is 2. The van der Waals surface area contributed by atoms with Crippen molar-refractivity contribution in [2.75, 3.05) is 39.3 Å². The van der Waals surface area contributed by atoms with E-state index in [9.17, 15) is 9.90 Å². The SMILES string of the molecule is CC(=O)c1ccc(OC[C@H](O)CN2CCN(Cc3cccc(C)c3)CC2)cc1. The van der Waals surface area contributed by atoms with Gasteiger partial charge in [-0.2, -0.15) is 0 Å². The minimum atomic E-state index is -0.532.